The van der Waals surface area contributed by atoms with Crippen molar-refractivity contribution in [1.29, 1.82) is 0 Å². The lowest BCUT2D eigenvalue weighted by Gasteiger charge is -2.34. The Kier molecular flexibility index (Phi) is 6.94. The average Bonchev–Trinajstić information content (AvgIpc) is 2.62. The van der Waals surface area contributed by atoms with Gasteiger partial charge in [0.2, 0.25) is 11.8 Å². The molecule has 1 aromatic rings. The van der Waals surface area contributed by atoms with Crippen LogP contribution in [0.5, 0.6) is 0 Å². The summed E-state index contributed by atoms with van der Waals surface area (Å²) >= 11 is 0. The normalized spacial score (nSPS) is 14.9. The Morgan fingerprint density at radius 3 is 2.40 bits per heavy atom. The molecule has 136 valence electrons. The summed E-state index contributed by atoms with van der Waals surface area (Å²) in [6.45, 7) is 5.18. The van der Waals surface area contributed by atoms with Gasteiger partial charge in [0, 0.05) is 51.8 Å². The highest BCUT2D eigenvalue weighted by atomic mass is 16.2. The third kappa shape index (κ3) is 5.56. The first-order valence-electron chi connectivity index (χ1n) is 8.56. The molecule has 1 fully saturated rings. The first kappa shape index (κ1) is 18.9. The molecule has 25 heavy (non-hydrogen) atoms. The molecule has 7 heteroatoms. The number of nitrogens with one attached hydrogen (secondary N) is 2. The van der Waals surface area contributed by atoms with Crippen LogP contribution in [0.4, 0.5) is 0 Å². The molecule has 0 saturated carbocycles. The Hall–Kier alpha value is -2.41. The van der Waals surface area contributed by atoms with Gasteiger partial charge in [-0.25, -0.2) is 0 Å². The second-order valence-corrected chi connectivity index (χ2v) is 6.15. The summed E-state index contributed by atoms with van der Waals surface area (Å²) in [6, 6.07) is 7.38. The van der Waals surface area contributed by atoms with E-state index in [0.29, 0.717) is 44.8 Å². The van der Waals surface area contributed by atoms with E-state index in [9.17, 15) is 14.4 Å². The molecular formula is C18H26N4O3. The molecule has 1 saturated heterocycles. The molecule has 1 aliphatic heterocycles. The fourth-order valence-corrected chi connectivity index (χ4v) is 2.80. The molecule has 0 radical (unpaired) electrons. The van der Waals surface area contributed by atoms with Gasteiger partial charge in [-0.15, -0.1) is 0 Å². The van der Waals surface area contributed by atoms with Crippen LogP contribution in [0.15, 0.2) is 24.3 Å². The number of carbonyl (C=O) groups excluding carboxylic acids is 3. The van der Waals surface area contributed by atoms with Crippen molar-refractivity contribution >= 4 is 17.7 Å². The van der Waals surface area contributed by atoms with Gasteiger partial charge in [-0.3, -0.25) is 19.3 Å². The van der Waals surface area contributed by atoms with E-state index >= 15 is 0 Å². The molecule has 2 rings (SSSR count). The minimum atomic E-state index is -0.152. The van der Waals surface area contributed by atoms with Crippen LogP contribution >= 0.6 is 0 Å². The van der Waals surface area contributed by atoms with Crippen molar-refractivity contribution in [3.63, 3.8) is 0 Å². The van der Waals surface area contributed by atoms with Crippen LogP contribution in [0, 0.1) is 6.92 Å². The first-order valence-corrected chi connectivity index (χ1v) is 8.56. The smallest absolute Gasteiger partial charge is 0.251 e. The SMILES string of the molecule is CNC(=O)CN1CCN(C(=O)CCNC(=O)c2ccccc2C)CC1. The van der Waals surface area contributed by atoms with Crippen molar-refractivity contribution in [3.05, 3.63) is 35.4 Å². The van der Waals surface area contributed by atoms with Crippen molar-refractivity contribution in [2.75, 3.05) is 46.3 Å². The highest BCUT2D eigenvalue weighted by molar-refractivity contribution is 5.95. The number of likely N-dealkylation sites (N-methyl/N-ethyl adjacent to an activating group) is 1. The number of amides is 3. The monoisotopic (exact) mass is 346 g/mol. The lowest BCUT2D eigenvalue weighted by molar-refractivity contribution is -0.133. The van der Waals surface area contributed by atoms with E-state index in [0.717, 1.165) is 5.56 Å². The Morgan fingerprint density at radius 2 is 1.76 bits per heavy atom. The van der Waals surface area contributed by atoms with E-state index in [1.54, 1.807) is 18.0 Å². The predicted octanol–water partition coefficient (Wildman–Crippen LogP) is 0.00512. The second-order valence-electron chi connectivity index (χ2n) is 6.15. The van der Waals surface area contributed by atoms with Gasteiger partial charge in [0.1, 0.15) is 0 Å². The molecule has 0 atom stereocenters. The van der Waals surface area contributed by atoms with Gasteiger partial charge in [-0.1, -0.05) is 18.2 Å². The maximum atomic E-state index is 12.2. The van der Waals surface area contributed by atoms with Crippen LogP contribution in [0.2, 0.25) is 0 Å². The minimum Gasteiger partial charge on any atom is -0.358 e. The Bertz CT molecular complexity index is 625. The summed E-state index contributed by atoms with van der Waals surface area (Å²) in [5.74, 6) is -0.135. The number of nitrogens with zero attached hydrogens (tertiary/aromatic N) is 2. The maximum absolute atomic E-state index is 12.2. The maximum Gasteiger partial charge on any atom is 0.251 e. The van der Waals surface area contributed by atoms with Gasteiger partial charge in [-0.2, -0.15) is 0 Å². The zero-order valence-electron chi connectivity index (χ0n) is 14.9. The fourth-order valence-electron chi connectivity index (χ4n) is 2.80. The standard InChI is InChI=1S/C18H26N4O3/c1-14-5-3-4-6-15(14)18(25)20-8-7-17(24)22-11-9-21(10-12-22)13-16(23)19-2/h3-6H,7-13H2,1-2H3,(H,19,23)(H,20,25). The molecule has 1 heterocycles. The van der Waals surface area contributed by atoms with Crippen molar-refractivity contribution in [3.8, 4) is 0 Å². The number of benzene rings is 1. The van der Waals surface area contributed by atoms with E-state index in [-0.39, 0.29) is 24.1 Å². The van der Waals surface area contributed by atoms with E-state index in [1.807, 2.05) is 30.0 Å². The average molecular weight is 346 g/mol. The van der Waals surface area contributed by atoms with Crippen molar-refractivity contribution in [2.24, 2.45) is 0 Å². The number of hydrogen-bond acceptors (Lipinski definition) is 4. The number of piperazine rings is 1. The zero-order chi connectivity index (χ0) is 18.2. The molecule has 2 N–H and O–H groups in total. The Labute approximate surface area is 148 Å². The highest BCUT2D eigenvalue weighted by Crippen LogP contribution is 2.07. The summed E-state index contributed by atoms with van der Waals surface area (Å²) < 4.78 is 0. The van der Waals surface area contributed by atoms with Crippen LogP contribution in [0.25, 0.3) is 0 Å². The number of hydrogen-bond donors (Lipinski definition) is 2. The highest BCUT2D eigenvalue weighted by Gasteiger charge is 2.22. The van der Waals surface area contributed by atoms with Crippen LogP contribution in [0.3, 0.4) is 0 Å². The fraction of sp³-hybridized carbons (Fsp3) is 0.500. The molecule has 1 aliphatic rings. The third-order valence-electron chi connectivity index (χ3n) is 4.39. The third-order valence-corrected chi connectivity index (χ3v) is 4.39. The van der Waals surface area contributed by atoms with Crippen molar-refractivity contribution < 1.29 is 14.4 Å². The van der Waals surface area contributed by atoms with Crippen LogP contribution in [-0.4, -0.2) is 73.8 Å². The van der Waals surface area contributed by atoms with Gasteiger partial charge in [0.15, 0.2) is 0 Å². The van der Waals surface area contributed by atoms with E-state index in [1.165, 1.54) is 0 Å². The summed E-state index contributed by atoms with van der Waals surface area (Å²) in [6.07, 6.45) is 0.285. The van der Waals surface area contributed by atoms with Crippen LogP contribution < -0.4 is 10.6 Å². The van der Waals surface area contributed by atoms with E-state index in [2.05, 4.69) is 10.6 Å². The molecule has 3 amide bonds. The van der Waals surface area contributed by atoms with Gasteiger partial charge in [0.25, 0.3) is 5.91 Å². The lowest BCUT2D eigenvalue weighted by atomic mass is 10.1. The molecule has 0 bridgehead atoms. The van der Waals surface area contributed by atoms with Crippen LogP contribution in [-0.2, 0) is 9.59 Å². The molecule has 0 unspecified atom stereocenters. The largest absolute Gasteiger partial charge is 0.358 e. The molecule has 1 aromatic carbocycles. The molecular weight excluding hydrogens is 320 g/mol. The number of rotatable bonds is 6. The van der Waals surface area contributed by atoms with E-state index in [4.69, 9.17) is 0 Å². The molecule has 0 aliphatic carbocycles. The number of aryl methyl sites for hydroxylation is 1. The van der Waals surface area contributed by atoms with Gasteiger partial charge in [0.05, 0.1) is 6.54 Å². The molecule has 0 spiro atoms. The van der Waals surface area contributed by atoms with Crippen LogP contribution in [0.1, 0.15) is 22.3 Å². The lowest BCUT2D eigenvalue weighted by Crippen LogP contribution is -2.51. The summed E-state index contributed by atoms with van der Waals surface area (Å²) in [4.78, 5) is 39.6. The van der Waals surface area contributed by atoms with Crippen molar-refractivity contribution in [2.45, 2.75) is 13.3 Å². The van der Waals surface area contributed by atoms with Crippen molar-refractivity contribution in [1.82, 2.24) is 20.4 Å². The zero-order valence-corrected chi connectivity index (χ0v) is 14.9. The minimum absolute atomic E-state index is 0.0151. The molecule has 7 nitrogen and oxygen atoms in total. The van der Waals surface area contributed by atoms with Gasteiger partial charge in [-0.05, 0) is 18.6 Å². The first-order chi connectivity index (χ1) is 12.0. The van der Waals surface area contributed by atoms with Gasteiger partial charge < -0.3 is 15.5 Å². The second kappa shape index (κ2) is 9.17. The molecule has 0 aromatic heterocycles. The summed E-state index contributed by atoms with van der Waals surface area (Å²) in [7, 11) is 1.62. The van der Waals surface area contributed by atoms with E-state index < -0.39 is 0 Å². The van der Waals surface area contributed by atoms with Gasteiger partial charge >= 0.3 is 0 Å². The predicted molar refractivity (Wildman–Crippen MR) is 95.2 cm³/mol. The number of carbonyl (C=O) groups is 3. The Balaban J connectivity index is 1.70. The summed E-state index contributed by atoms with van der Waals surface area (Å²) in [5, 5.41) is 5.40. The summed E-state index contributed by atoms with van der Waals surface area (Å²) in [5.41, 5.74) is 1.55. The topological polar surface area (TPSA) is 81.8 Å². The quantitative estimate of drug-likeness (QED) is 0.760. The Morgan fingerprint density at radius 1 is 1.08 bits per heavy atom.